The molecule has 2 N–H and O–H groups in total. The zero-order chi connectivity index (χ0) is 12.3. The number of nitrogens with zero attached hydrogens (tertiary/aromatic N) is 2. The molecule has 2 aliphatic rings. The molecule has 0 spiro atoms. The second kappa shape index (κ2) is 6.15. The van der Waals surface area contributed by atoms with Crippen molar-refractivity contribution < 1.29 is 19.4 Å². The zero-order valence-electron chi connectivity index (χ0n) is 10.5. The van der Waals surface area contributed by atoms with Gasteiger partial charge in [0.1, 0.15) is 0 Å². The molecule has 4 heteroatoms. The van der Waals surface area contributed by atoms with Gasteiger partial charge in [-0.05, 0) is 12.8 Å². The van der Waals surface area contributed by atoms with Gasteiger partial charge in [0.25, 0.3) is 0 Å². The van der Waals surface area contributed by atoms with E-state index >= 15 is 0 Å². The van der Waals surface area contributed by atoms with E-state index in [0.717, 1.165) is 6.04 Å². The molecule has 1 heterocycles. The van der Waals surface area contributed by atoms with E-state index in [0.29, 0.717) is 6.04 Å². The van der Waals surface area contributed by atoms with Crippen LogP contribution in [0.2, 0.25) is 0 Å². The topological polar surface area (TPSA) is 35.9 Å². The van der Waals surface area contributed by atoms with Crippen LogP contribution in [0, 0.1) is 3.80 Å². The number of aromatic nitrogens is 2. The first-order chi connectivity index (χ1) is 8.18. The maximum atomic E-state index is 5.22. The third kappa shape index (κ3) is 3.92. The van der Waals surface area contributed by atoms with Crippen molar-refractivity contribution in [3.05, 3.63) is 16.2 Å². The molecule has 0 aromatic carbocycles. The standard InChI is InChI=1S/C10H16N2.C3H7N.Pt/c1-11-7-8-12(9-11)10-5-3-2-4-6-10;4-3-1-2-3;/h7-8,10H,2-6H2,1H3;3H,1-2,4H2;. The first kappa shape index (κ1) is 13.3. The van der Waals surface area contributed by atoms with Crippen molar-refractivity contribution in [3.8, 4) is 0 Å². The molecular weight excluding hydrogens is 393 g/mol. The van der Waals surface area contributed by atoms with E-state index in [2.05, 4.69) is 47.9 Å². The average molecular weight is 416 g/mol. The molecule has 3 rings (SSSR count). The number of nitrogens with two attached hydrogens (primary N) is 1. The van der Waals surface area contributed by atoms with Gasteiger partial charge in [0.05, 0.1) is 0 Å². The quantitative estimate of drug-likeness (QED) is 0.751. The van der Waals surface area contributed by atoms with Gasteiger partial charge in [0, 0.05) is 6.04 Å². The van der Waals surface area contributed by atoms with Crippen LogP contribution in [-0.2, 0) is 26.4 Å². The van der Waals surface area contributed by atoms with Gasteiger partial charge in [0.15, 0.2) is 0 Å². The third-order valence-corrected chi connectivity index (χ3v) is 4.90. The Bertz CT molecular complexity index is 397. The maximum Gasteiger partial charge on any atom is 0.00399 e. The summed E-state index contributed by atoms with van der Waals surface area (Å²) in [7, 11) is 2.11. The second-order valence-corrected chi connectivity index (χ2v) is 6.20. The van der Waals surface area contributed by atoms with Gasteiger partial charge in [-0.2, -0.15) is 0 Å². The summed E-state index contributed by atoms with van der Waals surface area (Å²) in [6.07, 6.45) is 13.9. The van der Waals surface area contributed by atoms with E-state index in [1.165, 1.54) is 48.8 Å². The van der Waals surface area contributed by atoms with Crippen LogP contribution in [0.5, 0.6) is 0 Å². The average Bonchev–Trinajstić information content (AvgIpc) is 3.06. The largest absolute Gasteiger partial charge is 0.328 e. The fourth-order valence-corrected chi connectivity index (χ4v) is 2.94. The summed E-state index contributed by atoms with van der Waals surface area (Å²) in [5.41, 5.74) is 5.22. The predicted molar refractivity (Wildman–Crippen MR) is 66.0 cm³/mol. The van der Waals surface area contributed by atoms with Crippen LogP contribution in [0.1, 0.15) is 51.0 Å². The first-order valence-corrected chi connectivity index (χ1v) is 7.76. The summed E-state index contributed by atoms with van der Waals surface area (Å²) < 4.78 is 5.98. The molecule has 0 unspecified atom stereocenters. The van der Waals surface area contributed by atoms with Crippen LogP contribution in [0.4, 0.5) is 0 Å². The maximum absolute atomic E-state index is 5.22. The van der Waals surface area contributed by atoms with Crippen molar-refractivity contribution in [1.29, 1.82) is 0 Å². The van der Waals surface area contributed by atoms with E-state index in [-0.39, 0.29) is 0 Å². The molecule has 2 aliphatic carbocycles. The van der Waals surface area contributed by atoms with E-state index in [9.17, 15) is 0 Å². The summed E-state index contributed by atoms with van der Waals surface area (Å²) in [6.45, 7) is 0. The van der Waals surface area contributed by atoms with Gasteiger partial charge in [-0.1, -0.05) is 0 Å². The van der Waals surface area contributed by atoms with Crippen LogP contribution < -0.4 is 5.73 Å². The van der Waals surface area contributed by atoms with Crippen molar-refractivity contribution in [3.63, 3.8) is 0 Å². The van der Waals surface area contributed by atoms with E-state index in [1.54, 1.807) is 0 Å². The number of hydrogen-bond acceptors (Lipinski definition) is 1. The van der Waals surface area contributed by atoms with Gasteiger partial charge >= 0.3 is 89.9 Å². The minimum atomic E-state index is 0.583. The number of imidazole rings is 1. The molecule has 2 saturated carbocycles. The Labute approximate surface area is 114 Å². The molecule has 3 nitrogen and oxygen atoms in total. The van der Waals surface area contributed by atoms with Crippen molar-refractivity contribution in [2.45, 2.75) is 57.0 Å². The molecule has 1 aromatic heterocycles. The third-order valence-electron chi connectivity index (χ3n) is 3.51. The summed E-state index contributed by atoms with van der Waals surface area (Å²) in [4.78, 5) is 0. The van der Waals surface area contributed by atoms with Crippen LogP contribution in [0.25, 0.3) is 0 Å². The number of aryl methyl sites for hydroxylation is 1. The minimum absolute atomic E-state index is 0.583. The van der Waals surface area contributed by atoms with Gasteiger partial charge < -0.3 is 5.73 Å². The van der Waals surface area contributed by atoms with Gasteiger partial charge in [-0.15, -0.1) is 0 Å². The van der Waals surface area contributed by atoms with Gasteiger partial charge in [-0.3, -0.25) is 0 Å². The van der Waals surface area contributed by atoms with Crippen LogP contribution >= 0.6 is 0 Å². The molecule has 0 amide bonds. The van der Waals surface area contributed by atoms with Crippen molar-refractivity contribution in [1.82, 2.24) is 9.13 Å². The van der Waals surface area contributed by atoms with Crippen LogP contribution in [-0.4, -0.2) is 15.2 Å². The fourth-order valence-electron chi connectivity index (χ4n) is 2.18. The molecule has 0 radical (unpaired) electrons. The Kier molecular flexibility index (Phi) is 4.81. The Morgan fingerprint density at radius 2 is 1.71 bits per heavy atom. The molecule has 1 aromatic rings. The summed E-state index contributed by atoms with van der Waals surface area (Å²) >= 11 is 2.41. The minimum Gasteiger partial charge on any atom is -0.328 e. The Balaban J connectivity index is 0.000000228. The van der Waals surface area contributed by atoms with Crippen molar-refractivity contribution in [2.24, 2.45) is 12.8 Å². The number of hydrogen-bond donors (Lipinski definition) is 1. The molecule has 2 fully saturated rings. The SMILES string of the molecule is Cn1ccn(C2CCCCC2)[c]1=[Pt].NC1CC1. The monoisotopic (exact) mass is 416 g/mol. The van der Waals surface area contributed by atoms with E-state index < -0.39 is 0 Å². The molecule has 0 bridgehead atoms. The molecule has 0 aliphatic heterocycles. The molecule has 0 atom stereocenters. The molecule has 17 heavy (non-hydrogen) atoms. The van der Waals surface area contributed by atoms with Crippen LogP contribution in [0.3, 0.4) is 0 Å². The smallest absolute Gasteiger partial charge is 0.00399 e. The van der Waals surface area contributed by atoms with Crippen molar-refractivity contribution in [2.75, 3.05) is 0 Å². The van der Waals surface area contributed by atoms with Gasteiger partial charge in [-0.25, -0.2) is 0 Å². The van der Waals surface area contributed by atoms with Gasteiger partial charge in [0.2, 0.25) is 0 Å². The molecule has 0 saturated heterocycles. The Hall–Kier alpha value is -0.142. The first-order valence-electron chi connectivity index (χ1n) is 6.63. The van der Waals surface area contributed by atoms with E-state index in [4.69, 9.17) is 5.73 Å². The Morgan fingerprint density at radius 1 is 1.12 bits per heavy atom. The van der Waals surface area contributed by atoms with Crippen molar-refractivity contribution >= 4 is 0 Å². The zero-order valence-corrected chi connectivity index (χ0v) is 12.8. The van der Waals surface area contributed by atoms with E-state index in [1.807, 2.05) is 0 Å². The summed E-state index contributed by atoms with van der Waals surface area (Å²) in [5.74, 6) is 0. The van der Waals surface area contributed by atoms with Crippen LogP contribution in [0.15, 0.2) is 12.4 Å². The number of rotatable bonds is 1. The molecular formula is C13H23N3Pt. The fraction of sp³-hybridized carbons (Fsp3) is 0.769. The predicted octanol–water partition coefficient (Wildman–Crippen LogP) is 2.52. The summed E-state index contributed by atoms with van der Waals surface area (Å²) in [5, 5.41) is 0. The molecule has 100 valence electrons. The Morgan fingerprint density at radius 3 is 2.12 bits per heavy atom. The normalized spacial score (nSPS) is 20.9. The summed E-state index contributed by atoms with van der Waals surface area (Å²) in [6, 6.07) is 1.35. The second-order valence-electron chi connectivity index (χ2n) is 5.19.